The Hall–Kier alpha value is -0.280. The summed E-state index contributed by atoms with van der Waals surface area (Å²) in [5, 5.41) is 54.5. The minimum Gasteiger partial charge on any atom is -0.394 e. The van der Waals surface area contributed by atoms with Gasteiger partial charge in [-0.3, -0.25) is 0 Å². The van der Waals surface area contributed by atoms with Crippen molar-refractivity contribution in [2.45, 2.75) is 30.2 Å². The van der Waals surface area contributed by atoms with Gasteiger partial charge in [-0.05, 0) is 0 Å². The van der Waals surface area contributed by atoms with Crippen molar-refractivity contribution in [2.75, 3.05) is 13.2 Å². The SMILES string of the molecule is OCC1O[C@@](O)(C(O)CO)C(O)C1O. The molecule has 7 heteroatoms. The molecule has 84 valence electrons. The molecule has 0 radical (unpaired) electrons. The average Bonchev–Trinajstić information content (AvgIpc) is 2.42. The Morgan fingerprint density at radius 3 is 2.21 bits per heavy atom. The lowest BCUT2D eigenvalue weighted by Crippen LogP contribution is -2.53. The quantitative estimate of drug-likeness (QED) is 0.281. The van der Waals surface area contributed by atoms with Gasteiger partial charge in [0.25, 0.3) is 0 Å². The summed E-state index contributed by atoms with van der Waals surface area (Å²) in [6.07, 6.45) is -6.21. The third kappa shape index (κ3) is 1.63. The second-order valence-electron chi connectivity index (χ2n) is 3.22. The lowest BCUT2D eigenvalue weighted by Gasteiger charge is -2.29. The average molecular weight is 210 g/mol. The van der Waals surface area contributed by atoms with Crippen LogP contribution in [0.1, 0.15) is 0 Å². The molecule has 7 nitrogen and oxygen atoms in total. The van der Waals surface area contributed by atoms with Gasteiger partial charge in [0.15, 0.2) is 0 Å². The molecule has 0 aromatic carbocycles. The molecule has 5 atom stereocenters. The van der Waals surface area contributed by atoms with Crippen molar-refractivity contribution in [3.63, 3.8) is 0 Å². The summed E-state index contributed by atoms with van der Waals surface area (Å²) in [5.74, 6) is -2.44. The normalized spacial score (nSPS) is 45.4. The summed E-state index contributed by atoms with van der Waals surface area (Å²) in [5.41, 5.74) is 0. The molecule has 1 fully saturated rings. The first-order valence-electron chi connectivity index (χ1n) is 4.13. The van der Waals surface area contributed by atoms with Crippen LogP contribution in [-0.2, 0) is 4.74 Å². The molecular formula is C7H14O7. The fraction of sp³-hybridized carbons (Fsp3) is 1.00. The zero-order valence-corrected chi connectivity index (χ0v) is 7.32. The Morgan fingerprint density at radius 1 is 1.29 bits per heavy atom. The van der Waals surface area contributed by atoms with Crippen LogP contribution in [0.3, 0.4) is 0 Å². The van der Waals surface area contributed by atoms with Crippen molar-refractivity contribution in [2.24, 2.45) is 0 Å². The van der Waals surface area contributed by atoms with Crippen LogP contribution in [0, 0.1) is 0 Å². The number of hydrogen-bond acceptors (Lipinski definition) is 7. The van der Waals surface area contributed by atoms with Crippen molar-refractivity contribution in [3.8, 4) is 0 Å². The van der Waals surface area contributed by atoms with Gasteiger partial charge in [-0.25, -0.2) is 0 Å². The summed E-state index contributed by atoms with van der Waals surface area (Å²) in [7, 11) is 0. The maximum atomic E-state index is 9.55. The van der Waals surface area contributed by atoms with Crippen LogP contribution < -0.4 is 0 Å². The van der Waals surface area contributed by atoms with Crippen molar-refractivity contribution in [1.82, 2.24) is 0 Å². The minimum atomic E-state index is -2.44. The van der Waals surface area contributed by atoms with E-state index in [9.17, 15) is 15.3 Å². The molecule has 0 amide bonds. The van der Waals surface area contributed by atoms with Gasteiger partial charge in [0.2, 0.25) is 5.79 Å². The second-order valence-corrected chi connectivity index (χ2v) is 3.22. The Kier molecular flexibility index (Phi) is 3.43. The van der Waals surface area contributed by atoms with E-state index in [0.29, 0.717) is 0 Å². The van der Waals surface area contributed by atoms with Crippen LogP contribution in [-0.4, -0.2) is 74.1 Å². The molecule has 0 aliphatic carbocycles. The van der Waals surface area contributed by atoms with E-state index in [1.807, 2.05) is 0 Å². The van der Waals surface area contributed by atoms with Gasteiger partial charge < -0.3 is 35.4 Å². The number of rotatable bonds is 3. The summed E-state index contributed by atoms with van der Waals surface area (Å²) in [4.78, 5) is 0. The highest BCUT2D eigenvalue weighted by molar-refractivity contribution is 4.98. The molecule has 1 heterocycles. The molecule has 1 aliphatic rings. The topological polar surface area (TPSA) is 131 Å². The number of hydrogen-bond donors (Lipinski definition) is 6. The molecule has 14 heavy (non-hydrogen) atoms. The zero-order valence-electron chi connectivity index (χ0n) is 7.32. The van der Waals surface area contributed by atoms with Crippen molar-refractivity contribution in [1.29, 1.82) is 0 Å². The van der Waals surface area contributed by atoms with E-state index in [1.165, 1.54) is 0 Å². The van der Waals surface area contributed by atoms with E-state index in [1.54, 1.807) is 0 Å². The molecule has 4 unspecified atom stereocenters. The molecule has 0 aromatic heterocycles. The highest BCUT2D eigenvalue weighted by Gasteiger charge is 2.56. The van der Waals surface area contributed by atoms with Gasteiger partial charge in [-0.15, -0.1) is 0 Å². The summed E-state index contributed by atoms with van der Waals surface area (Å²) >= 11 is 0. The molecule has 0 saturated carbocycles. The standard InChI is InChI=1S/C7H14O7/c8-1-3-5(11)6(12)7(13,14-3)4(10)2-9/h3-6,8-13H,1-2H2/t3?,4?,5?,6?,7-/m0/s1. The molecule has 1 saturated heterocycles. The molecule has 0 spiro atoms. The highest BCUT2D eigenvalue weighted by atomic mass is 16.7. The fourth-order valence-electron chi connectivity index (χ4n) is 1.38. The molecule has 6 N–H and O–H groups in total. The van der Waals surface area contributed by atoms with Gasteiger partial charge in [0, 0.05) is 0 Å². The van der Waals surface area contributed by atoms with Crippen molar-refractivity contribution < 1.29 is 35.4 Å². The van der Waals surface area contributed by atoms with Crippen LogP contribution in [0.25, 0.3) is 0 Å². The monoisotopic (exact) mass is 210 g/mol. The molecule has 0 aromatic rings. The zero-order chi connectivity index (χ0) is 10.9. The number of aliphatic hydroxyl groups excluding tert-OH is 5. The van der Waals surface area contributed by atoms with E-state index >= 15 is 0 Å². The van der Waals surface area contributed by atoms with Crippen LogP contribution in [0.2, 0.25) is 0 Å². The minimum absolute atomic E-state index is 0.612. The van der Waals surface area contributed by atoms with Gasteiger partial charge in [0.05, 0.1) is 13.2 Å². The predicted molar refractivity (Wildman–Crippen MR) is 42.0 cm³/mol. The van der Waals surface area contributed by atoms with E-state index in [-0.39, 0.29) is 0 Å². The summed E-state index contributed by atoms with van der Waals surface area (Å²) in [6, 6.07) is 0. The highest BCUT2D eigenvalue weighted by Crippen LogP contribution is 2.31. The third-order valence-electron chi connectivity index (χ3n) is 2.30. The predicted octanol–water partition coefficient (Wildman–Crippen LogP) is -3.86. The lowest BCUT2D eigenvalue weighted by molar-refractivity contribution is -0.283. The first-order valence-corrected chi connectivity index (χ1v) is 4.13. The molecule has 1 aliphatic heterocycles. The maximum Gasteiger partial charge on any atom is 0.224 e. The van der Waals surface area contributed by atoms with Gasteiger partial charge in [-0.1, -0.05) is 0 Å². The Morgan fingerprint density at radius 2 is 1.86 bits per heavy atom. The van der Waals surface area contributed by atoms with Crippen molar-refractivity contribution in [3.05, 3.63) is 0 Å². The Balaban J connectivity index is 2.81. The Labute approximate surface area is 79.8 Å². The lowest BCUT2D eigenvalue weighted by atomic mass is 10.0. The summed E-state index contributed by atoms with van der Waals surface area (Å²) < 4.78 is 4.67. The first kappa shape index (κ1) is 11.8. The maximum absolute atomic E-state index is 9.55. The van der Waals surface area contributed by atoms with E-state index in [0.717, 1.165) is 0 Å². The van der Waals surface area contributed by atoms with Gasteiger partial charge in [-0.2, -0.15) is 0 Å². The number of aliphatic hydroxyl groups is 6. The van der Waals surface area contributed by atoms with Crippen LogP contribution in [0.4, 0.5) is 0 Å². The molecule has 1 rings (SSSR count). The molecular weight excluding hydrogens is 196 g/mol. The molecule has 0 bridgehead atoms. The fourth-order valence-corrected chi connectivity index (χ4v) is 1.38. The third-order valence-corrected chi connectivity index (χ3v) is 2.30. The Bertz CT molecular complexity index is 196. The van der Waals surface area contributed by atoms with Crippen molar-refractivity contribution >= 4 is 0 Å². The van der Waals surface area contributed by atoms with Crippen LogP contribution in [0.15, 0.2) is 0 Å². The van der Waals surface area contributed by atoms with Gasteiger partial charge in [0.1, 0.15) is 24.4 Å². The van der Waals surface area contributed by atoms with Crippen LogP contribution in [0.5, 0.6) is 0 Å². The van der Waals surface area contributed by atoms with E-state index in [2.05, 4.69) is 4.74 Å². The largest absolute Gasteiger partial charge is 0.394 e. The summed E-state index contributed by atoms with van der Waals surface area (Å²) in [6.45, 7) is -1.45. The number of ether oxygens (including phenoxy) is 1. The van der Waals surface area contributed by atoms with E-state index < -0.39 is 43.4 Å². The van der Waals surface area contributed by atoms with Gasteiger partial charge >= 0.3 is 0 Å². The van der Waals surface area contributed by atoms with E-state index in [4.69, 9.17) is 15.3 Å². The second kappa shape index (κ2) is 4.07. The van der Waals surface area contributed by atoms with Crippen LogP contribution >= 0.6 is 0 Å². The smallest absolute Gasteiger partial charge is 0.224 e. The first-order chi connectivity index (χ1) is 6.47.